The van der Waals surface area contributed by atoms with E-state index in [1.54, 1.807) is 6.33 Å². The van der Waals surface area contributed by atoms with Crippen LogP contribution in [-0.4, -0.2) is 57.0 Å². The number of allylic oxidation sites excluding steroid dienone is 1. The summed E-state index contributed by atoms with van der Waals surface area (Å²) in [7, 11) is -3.07. The summed E-state index contributed by atoms with van der Waals surface area (Å²) < 4.78 is 23.3. The molecule has 0 amide bonds. The quantitative estimate of drug-likeness (QED) is 0.528. The van der Waals surface area contributed by atoms with Crippen LogP contribution in [0, 0.1) is 0 Å². The van der Waals surface area contributed by atoms with E-state index in [9.17, 15) is 8.42 Å². The number of anilines is 2. The normalized spacial score (nSPS) is 15.2. The maximum Gasteiger partial charge on any atom is 0.169 e. The molecule has 9 heteroatoms. The summed E-state index contributed by atoms with van der Waals surface area (Å²) in [4.78, 5) is 13.5. The number of sulfone groups is 1. The van der Waals surface area contributed by atoms with Crippen LogP contribution in [0.25, 0.3) is 16.5 Å². The Labute approximate surface area is 187 Å². The zero-order chi connectivity index (χ0) is 22.7. The molecule has 3 aromatic rings. The average molecular weight is 452 g/mol. The second-order valence-electron chi connectivity index (χ2n) is 7.93. The number of hydrogen-bond donors (Lipinski definition) is 2. The average Bonchev–Trinajstić information content (AvgIpc) is 2.79. The van der Waals surface area contributed by atoms with Gasteiger partial charge >= 0.3 is 0 Å². The molecule has 166 valence electrons. The van der Waals surface area contributed by atoms with Crippen LogP contribution in [0.2, 0.25) is 0 Å². The first-order chi connectivity index (χ1) is 15.4. The first-order valence-corrected chi connectivity index (χ1v) is 12.4. The lowest BCUT2D eigenvalue weighted by Crippen LogP contribution is -2.47. The number of benzene rings is 2. The Morgan fingerprint density at radius 3 is 2.53 bits per heavy atom. The van der Waals surface area contributed by atoms with Gasteiger partial charge in [-0.2, -0.15) is 0 Å². The van der Waals surface area contributed by atoms with Gasteiger partial charge in [-0.3, -0.25) is 5.41 Å². The fraction of sp³-hybridized carbons (Fsp3) is 0.261. The van der Waals surface area contributed by atoms with Gasteiger partial charge in [0.2, 0.25) is 0 Å². The van der Waals surface area contributed by atoms with E-state index < -0.39 is 9.84 Å². The molecule has 1 saturated heterocycles. The molecule has 1 fully saturated rings. The molecule has 0 radical (unpaired) electrons. The maximum absolute atomic E-state index is 11.6. The molecule has 0 spiro atoms. The number of nitrogens with zero attached hydrogens (tertiary/aromatic N) is 4. The van der Waals surface area contributed by atoms with Crippen LogP contribution in [0.5, 0.6) is 0 Å². The van der Waals surface area contributed by atoms with Crippen molar-refractivity contribution < 1.29 is 13.8 Å². The molecule has 1 aliphatic heterocycles. The summed E-state index contributed by atoms with van der Waals surface area (Å²) in [6, 6.07) is 13.7. The van der Waals surface area contributed by atoms with Gasteiger partial charge in [0.05, 0.1) is 16.8 Å². The van der Waals surface area contributed by atoms with Crippen molar-refractivity contribution in [2.24, 2.45) is 5.73 Å². The summed E-state index contributed by atoms with van der Waals surface area (Å²) in [6.07, 6.45) is 5.82. The Kier molecular flexibility index (Phi) is 6.09. The maximum atomic E-state index is 11.6. The molecule has 4 rings (SSSR count). The highest BCUT2D eigenvalue weighted by atomic mass is 32.2. The van der Waals surface area contributed by atoms with E-state index >= 15 is 0 Å². The largest absolute Gasteiger partial charge is 0.404 e. The number of rotatable bonds is 6. The van der Waals surface area contributed by atoms with Gasteiger partial charge in [0.25, 0.3) is 0 Å². The molecule has 0 atom stereocenters. The van der Waals surface area contributed by atoms with Crippen molar-refractivity contribution in [1.82, 2.24) is 9.97 Å². The minimum absolute atomic E-state index is 0.0511. The summed E-state index contributed by atoms with van der Waals surface area (Å²) in [5.74, 6) is 0.936. The van der Waals surface area contributed by atoms with E-state index in [2.05, 4.69) is 19.8 Å². The first kappa shape index (κ1) is 21.8. The number of piperazine rings is 1. The van der Waals surface area contributed by atoms with Gasteiger partial charge in [0.15, 0.2) is 16.1 Å². The van der Waals surface area contributed by atoms with Crippen molar-refractivity contribution in [3.8, 4) is 0 Å². The van der Waals surface area contributed by atoms with Crippen LogP contribution in [-0.2, 0) is 15.6 Å². The fourth-order valence-corrected chi connectivity index (χ4v) is 4.83. The third-order valence-electron chi connectivity index (χ3n) is 5.59. The zero-order valence-electron chi connectivity index (χ0n) is 18.0. The highest BCUT2D eigenvalue weighted by molar-refractivity contribution is 7.89. The lowest BCUT2D eigenvalue weighted by molar-refractivity contribution is -0.103. The third kappa shape index (κ3) is 4.72. The first-order valence-electron chi connectivity index (χ1n) is 10.4. The SMILES string of the molecule is CS(=O)(=O)Cc1cccc(N2CCN(c3ncnc4ccc(C(C=[NH2+])=CN)cc34)CC2)c1. The van der Waals surface area contributed by atoms with E-state index in [-0.39, 0.29) is 5.75 Å². The highest BCUT2D eigenvalue weighted by Gasteiger charge is 2.21. The van der Waals surface area contributed by atoms with E-state index in [4.69, 9.17) is 11.1 Å². The van der Waals surface area contributed by atoms with Gasteiger partial charge in [-0.25, -0.2) is 18.4 Å². The van der Waals surface area contributed by atoms with Crippen LogP contribution in [0.15, 0.2) is 55.0 Å². The standard InChI is InChI=1S/C23H26N6O2S/c1-32(30,31)15-17-3-2-4-20(11-17)28-7-9-29(10-8-28)23-21-12-18(19(13-24)14-25)5-6-22(21)26-16-27-23/h2-6,11-14,16,24H,7-10,15,25H2,1H3/p+1. The van der Waals surface area contributed by atoms with E-state index in [1.165, 1.54) is 18.7 Å². The highest BCUT2D eigenvalue weighted by Crippen LogP contribution is 2.28. The number of nitrogens with two attached hydrogens (primary N) is 2. The van der Waals surface area contributed by atoms with E-state index in [1.807, 2.05) is 42.5 Å². The summed E-state index contributed by atoms with van der Waals surface area (Å²) in [5.41, 5.74) is 10.1. The van der Waals surface area contributed by atoms with Crippen molar-refractivity contribution >= 4 is 44.0 Å². The molecule has 4 N–H and O–H groups in total. The molecule has 1 aromatic heterocycles. The Bertz CT molecular complexity index is 1280. The molecular weight excluding hydrogens is 424 g/mol. The molecule has 2 heterocycles. The molecule has 1 aliphatic rings. The van der Waals surface area contributed by atoms with Crippen molar-refractivity contribution in [3.63, 3.8) is 0 Å². The number of hydrogen-bond acceptors (Lipinski definition) is 7. The molecule has 2 aromatic carbocycles. The van der Waals surface area contributed by atoms with Crippen LogP contribution in [0.4, 0.5) is 11.5 Å². The summed E-state index contributed by atoms with van der Waals surface area (Å²) >= 11 is 0. The lowest BCUT2D eigenvalue weighted by Gasteiger charge is -2.37. The van der Waals surface area contributed by atoms with Crippen LogP contribution in [0.3, 0.4) is 0 Å². The van der Waals surface area contributed by atoms with Crippen molar-refractivity contribution in [1.29, 1.82) is 0 Å². The minimum Gasteiger partial charge on any atom is -0.404 e. The molecule has 32 heavy (non-hydrogen) atoms. The zero-order valence-corrected chi connectivity index (χ0v) is 18.8. The minimum atomic E-state index is -3.07. The molecule has 0 aliphatic carbocycles. The predicted octanol–water partition coefficient (Wildman–Crippen LogP) is 0.631. The lowest BCUT2D eigenvalue weighted by atomic mass is 10.0. The van der Waals surface area contributed by atoms with Gasteiger partial charge in [-0.1, -0.05) is 18.2 Å². The monoisotopic (exact) mass is 451 g/mol. The van der Waals surface area contributed by atoms with Crippen molar-refractivity contribution in [2.75, 3.05) is 42.2 Å². The Balaban J connectivity index is 1.55. The molecule has 0 bridgehead atoms. The van der Waals surface area contributed by atoms with Crippen LogP contribution < -0.4 is 20.9 Å². The number of aromatic nitrogens is 2. The Morgan fingerprint density at radius 1 is 1.09 bits per heavy atom. The van der Waals surface area contributed by atoms with Crippen molar-refractivity contribution in [2.45, 2.75) is 5.75 Å². The predicted molar refractivity (Wildman–Crippen MR) is 129 cm³/mol. The molecule has 8 nitrogen and oxygen atoms in total. The van der Waals surface area contributed by atoms with Gasteiger partial charge in [0, 0.05) is 49.7 Å². The second-order valence-corrected chi connectivity index (χ2v) is 10.1. The fourth-order valence-electron chi connectivity index (χ4n) is 4.04. The van der Waals surface area contributed by atoms with E-state index in [0.29, 0.717) is 0 Å². The smallest absolute Gasteiger partial charge is 0.169 e. The molecular formula is C23H27N6O2S+. The molecule has 0 saturated carbocycles. The number of fused-ring (bicyclic) bond motifs is 1. The van der Waals surface area contributed by atoms with Gasteiger partial charge in [-0.05, 0) is 35.4 Å². The summed E-state index contributed by atoms with van der Waals surface area (Å²) in [6.45, 7) is 3.18. The third-order valence-corrected chi connectivity index (χ3v) is 6.45. The molecule has 0 unspecified atom stereocenters. The van der Waals surface area contributed by atoms with Crippen LogP contribution in [0.1, 0.15) is 11.1 Å². The van der Waals surface area contributed by atoms with Crippen LogP contribution >= 0.6 is 0 Å². The van der Waals surface area contributed by atoms with Gasteiger partial charge < -0.3 is 15.5 Å². The Morgan fingerprint density at radius 2 is 1.84 bits per heavy atom. The summed E-state index contributed by atoms with van der Waals surface area (Å²) in [5, 5.41) is 6.65. The Hall–Kier alpha value is -3.46. The topological polar surface area (TPSA) is 118 Å². The second kappa shape index (κ2) is 8.96. The van der Waals surface area contributed by atoms with E-state index in [0.717, 1.165) is 65.3 Å². The van der Waals surface area contributed by atoms with Crippen molar-refractivity contribution in [3.05, 3.63) is 66.1 Å². The van der Waals surface area contributed by atoms with Gasteiger partial charge in [-0.15, -0.1) is 0 Å². The van der Waals surface area contributed by atoms with Gasteiger partial charge in [0.1, 0.15) is 12.1 Å².